The summed E-state index contributed by atoms with van der Waals surface area (Å²) in [7, 11) is 0. The zero-order chi connectivity index (χ0) is 19.4. The third kappa shape index (κ3) is 4.62. The van der Waals surface area contributed by atoms with E-state index < -0.39 is 58.7 Å². The first kappa shape index (κ1) is 20.3. The van der Waals surface area contributed by atoms with Crippen LogP contribution in [0.2, 0.25) is 0 Å². The number of phenolic OH excluding ortho intramolecular Hbond substituents is 1. The fourth-order valence-corrected chi connectivity index (χ4v) is 1.64. The Balaban J connectivity index is 3.36. The van der Waals surface area contributed by atoms with E-state index in [0.29, 0.717) is 6.07 Å². The topological polar surface area (TPSA) is 113 Å². The van der Waals surface area contributed by atoms with Gasteiger partial charge in [-0.2, -0.15) is 22.0 Å². The molecule has 0 saturated carbocycles. The van der Waals surface area contributed by atoms with Crippen LogP contribution in [-0.2, 0) is 0 Å². The highest BCUT2D eigenvalue weighted by atomic mass is 19.4. The van der Waals surface area contributed by atoms with Gasteiger partial charge in [-0.1, -0.05) is 0 Å². The minimum atomic E-state index is -6.04. The van der Waals surface area contributed by atoms with Gasteiger partial charge in [-0.3, -0.25) is 14.9 Å². The normalized spacial score (nSPS) is 12.8. The maximum atomic E-state index is 13.4. The minimum Gasteiger partial charge on any atom is -0.507 e. The predicted molar refractivity (Wildman–Crippen MR) is 73.3 cm³/mol. The number of ketones is 1. The van der Waals surface area contributed by atoms with Crippen molar-refractivity contribution >= 4 is 11.5 Å². The zero-order valence-electron chi connectivity index (χ0n) is 12.2. The number of halogens is 5. The molecule has 0 amide bonds. The van der Waals surface area contributed by atoms with Gasteiger partial charge in [-0.05, 0) is 6.07 Å². The van der Waals surface area contributed by atoms with Gasteiger partial charge in [0, 0.05) is 24.8 Å². The van der Waals surface area contributed by atoms with Gasteiger partial charge < -0.3 is 15.5 Å². The molecule has 0 aliphatic heterocycles. The fraction of sp³-hybridized carbons (Fsp3) is 0.308. The van der Waals surface area contributed by atoms with Crippen LogP contribution in [0, 0.1) is 10.1 Å². The lowest BCUT2D eigenvalue weighted by molar-refractivity contribution is -0.384. The molecular formula is C13H11F5N2O5. The largest absolute Gasteiger partial charge is 0.507 e. The molecule has 0 fully saturated rings. The van der Waals surface area contributed by atoms with Gasteiger partial charge >= 0.3 is 12.1 Å². The number of benzene rings is 1. The Morgan fingerprint density at radius 3 is 2.36 bits per heavy atom. The molecule has 0 bridgehead atoms. The molecule has 0 saturated heterocycles. The average Bonchev–Trinajstić information content (AvgIpc) is 2.49. The highest BCUT2D eigenvalue weighted by molar-refractivity contribution is 6.07. The van der Waals surface area contributed by atoms with Crippen molar-refractivity contribution in [2.45, 2.75) is 12.1 Å². The summed E-state index contributed by atoms with van der Waals surface area (Å²) < 4.78 is 64.3. The van der Waals surface area contributed by atoms with Crippen LogP contribution in [0.3, 0.4) is 0 Å². The molecule has 0 radical (unpaired) electrons. The van der Waals surface area contributed by atoms with E-state index in [-0.39, 0.29) is 6.08 Å². The Kier molecular flexibility index (Phi) is 6.02. The predicted octanol–water partition coefficient (Wildman–Crippen LogP) is 2.15. The van der Waals surface area contributed by atoms with Gasteiger partial charge in [0.15, 0.2) is 5.78 Å². The molecule has 0 heterocycles. The summed E-state index contributed by atoms with van der Waals surface area (Å²) in [5.74, 6) is -7.82. The number of aliphatic hydroxyl groups excluding tert-OH is 1. The molecule has 1 aromatic rings. The monoisotopic (exact) mass is 370 g/mol. The summed E-state index contributed by atoms with van der Waals surface area (Å²) in [5, 5.41) is 30.3. The van der Waals surface area contributed by atoms with E-state index in [2.05, 4.69) is 0 Å². The van der Waals surface area contributed by atoms with Gasteiger partial charge in [0.25, 0.3) is 5.69 Å². The number of aliphatic hydroxyl groups is 1. The standard InChI is InChI=1S/C13H11F5N2O5/c14-12(15,13(16,17)18)11(19-3-4-21)6-10(23)8-5-7(20(24)25)1-2-9(8)22/h1-2,5-6,19,21-22H,3-4H2/b11-6-. The summed E-state index contributed by atoms with van der Waals surface area (Å²) in [6.07, 6.45) is -6.17. The maximum Gasteiger partial charge on any atom is 0.459 e. The Hall–Kier alpha value is -2.76. The first-order valence-electron chi connectivity index (χ1n) is 6.45. The van der Waals surface area contributed by atoms with Crippen molar-refractivity contribution < 1.29 is 41.9 Å². The SMILES string of the molecule is O=C(/C=C(\NCCO)C(F)(F)C(F)(F)F)c1cc([N+](=O)[O-])ccc1O. The number of hydrogen-bond acceptors (Lipinski definition) is 6. The highest BCUT2D eigenvalue weighted by Gasteiger charge is 2.60. The maximum absolute atomic E-state index is 13.4. The van der Waals surface area contributed by atoms with Crippen molar-refractivity contribution in [2.75, 3.05) is 13.2 Å². The van der Waals surface area contributed by atoms with E-state index in [4.69, 9.17) is 5.11 Å². The van der Waals surface area contributed by atoms with E-state index in [1.165, 1.54) is 0 Å². The number of aromatic hydroxyl groups is 1. The first-order chi connectivity index (χ1) is 11.4. The average molecular weight is 370 g/mol. The molecule has 25 heavy (non-hydrogen) atoms. The highest BCUT2D eigenvalue weighted by Crippen LogP contribution is 2.40. The van der Waals surface area contributed by atoms with Crippen LogP contribution in [-0.4, -0.2) is 46.2 Å². The van der Waals surface area contributed by atoms with Gasteiger partial charge in [-0.15, -0.1) is 0 Å². The number of nitrogens with one attached hydrogen (secondary N) is 1. The Morgan fingerprint density at radius 1 is 1.28 bits per heavy atom. The summed E-state index contributed by atoms with van der Waals surface area (Å²) in [5.41, 5.74) is -3.39. The van der Waals surface area contributed by atoms with Crippen LogP contribution in [0.25, 0.3) is 0 Å². The number of nitrogens with zero attached hydrogens (tertiary/aromatic N) is 1. The molecule has 3 N–H and O–H groups in total. The second-order valence-electron chi connectivity index (χ2n) is 4.60. The smallest absolute Gasteiger partial charge is 0.459 e. The Labute approximate surface area is 136 Å². The number of nitro groups is 1. The molecular weight excluding hydrogens is 359 g/mol. The molecule has 0 aliphatic carbocycles. The summed E-state index contributed by atoms with van der Waals surface area (Å²) in [6.45, 7) is -1.52. The van der Waals surface area contributed by atoms with Crippen molar-refractivity contribution in [1.29, 1.82) is 0 Å². The molecule has 0 aliphatic rings. The number of alkyl halides is 5. The second kappa shape index (κ2) is 7.42. The number of carbonyl (C=O) groups is 1. The van der Waals surface area contributed by atoms with Gasteiger partial charge in [-0.25, -0.2) is 0 Å². The van der Waals surface area contributed by atoms with Gasteiger partial charge in [0.1, 0.15) is 5.75 Å². The molecule has 1 aromatic carbocycles. The second-order valence-corrected chi connectivity index (χ2v) is 4.60. The van der Waals surface area contributed by atoms with Crippen molar-refractivity contribution in [3.05, 3.63) is 45.6 Å². The van der Waals surface area contributed by atoms with E-state index in [1.807, 2.05) is 0 Å². The molecule has 7 nitrogen and oxygen atoms in total. The third-order valence-corrected chi connectivity index (χ3v) is 2.85. The molecule has 0 unspecified atom stereocenters. The van der Waals surface area contributed by atoms with Crippen LogP contribution in [0.4, 0.5) is 27.6 Å². The van der Waals surface area contributed by atoms with Crippen molar-refractivity contribution in [2.24, 2.45) is 0 Å². The van der Waals surface area contributed by atoms with Crippen LogP contribution in [0.1, 0.15) is 10.4 Å². The number of allylic oxidation sites excluding steroid dienone is 2. The van der Waals surface area contributed by atoms with Gasteiger partial charge in [0.2, 0.25) is 0 Å². The van der Waals surface area contributed by atoms with E-state index in [9.17, 15) is 42.0 Å². The van der Waals surface area contributed by atoms with Crippen LogP contribution < -0.4 is 5.32 Å². The number of hydrogen-bond donors (Lipinski definition) is 3. The van der Waals surface area contributed by atoms with E-state index in [1.54, 1.807) is 5.32 Å². The molecule has 0 atom stereocenters. The summed E-state index contributed by atoms with van der Waals surface area (Å²) in [4.78, 5) is 21.6. The van der Waals surface area contributed by atoms with Crippen LogP contribution >= 0.6 is 0 Å². The molecule has 138 valence electrons. The van der Waals surface area contributed by atoms with E-state index >= 15 is 0 Å². The molecule has 0 spiro atoms. The Bertz CT molecular complexity index is 703. The van der Waals surface area contributed by atoms with Crippen molar-refractivity contribution in [3.63, 3.8) is 0 Å². The molecule has 1 rings (SSSR count). The lowest BCUT2D eigenvalue weighted by atomic mass is 10.1. The van der Waals surface area contributed by atoms with Crippen molar-refractivity contribution in [3.8, 4) is 5.75 Å². The Morgan fingerprint density at radius 2 is 1.88 bits per heavy atom. The number of nitro benzene ring substituents is 1. The lowest BCUT2D eigenvalue weighted by Crippen LogP contribution is -2.44. The quantitative estimate of drug-likeness (QED) is 0.223. The van der Waals surface area contributed by atoms with E-state index in [0.717, 1.165) is 12.1 Å². The number of phenols is 1. The minimum absolute atomic E-state index is 0.137. The number of rotatable bonds is 7. The fourth-order valence-electron chi connectivity index (χ4n) is 1.64. The number of carbonyl (C=O) groups excluding carboxylic acids is 1. The van der Waals surface area contributed by atoms with Gasteiger partial charge in [0.05, 0.1) is 22.8 Å². The summed E-state index contributed by atoms with van der Waals surface area (Å²) >= 11 is 0. The number of non-ortho nitro benzene ring substituents is 1. The zero-order valence-corrected chi connectivity index (χ0v) is 12.2. The van der Waals surface area contributed by atoms with Crippen LogP contribution in [0.5, 0.6) is 5.75 Å². The van der Waals surface area contributed by atoms with Crippen molar-refractivity contribution in [1.82, 2.24) is 5.32 Å². The summed E-state index contributed by atoms with van der Waals surface area (Å²) in [6, 6.07) is 2.07. The van der Waals surface area contributed by atoms with Crippen LogP contribution in [0.15, 0.2) is 30.0 Å². The third-order valence-electron chi connectivity index (χ3n) is 2.85. The molecule has 12 heteroatoms. The lowest BCUT2D eigenvalue weighted by Gasteiger charge is -2.23. The first-order valence-corrected chi connectivity index (χ1v) is 6.45. The molecule has 0 aromatic heterocycles.